The average molecular weight is 261 g/mol. The average Bonchev–Trinajstić information content (AvgIpc) is 2.81. The zero-order valence-corrected chi connectivity index (χ0v) is 10.2. The van der Waals surface area contributed by atoms with Gasteiger partial charge in [0.15, 0.2) is 0 Å². The van der Waals surface area contributed by atoms with E-state index in [1.165, 1.54) is 6.07 Å². The van der Waals surface area contributed by atoms with Crippen LogP contribution in [-0.4, -0.2) is 9.97 Å². The smallest absolute Gasteiger partial charge is 0.141 e. The molecule has 0 spiro atoms. The maximum atomic E-state index is 13.7. The Kier molecular flexibility index (Phi) is 2.76. The molecule has 0 saturated carbocycles. The van der Waals surface area contributed by atoms with E-state index in [0.717, 1.165) is 16.6 Å². The van der Waals surface area contributed by atoms with Gasteiger partial charge in [-0.05, 0) is 29.8 Å². The highest BCUT2D eigenvalue weighted by molar-refractivity contribution is 6.17. The SMILES string of the molecule is Fc1ccccc1-c1nc2ccc(CCl)cc2[nH]1. The van der Waals surface area contributed by atoms with E-state index in [0.29, 0.717) is 17.3 Å². The number of hydrogen-bond acceptors (Lipinski definition) is 1. The van der Waals surface area contributed by atoms with Crippen molar-refractivity contribution in [1.82, 2.24) is 9.97 Å². The van der Waals surface area contributed by atoms with Gasteiger partial charge in [-0.1, -0.05) is 18.2 Å². The summed E-state index contributed by atoms with van der Waals surface area (Å²) in [6.07, 6.45) is 0. The predicted octanol–water partition coefficient (Wildman–Crippen LogP) is 4.11. The molecule has 0 aliphatic carbocycles. The van der Waals surface area contributed by atoms with Crippen LogP contribution in [0.1, 0.15) is 5.56 Å². The number of benzene rings is 2. The zero-order chi connectivity index (χ0) is 12.5. The summed E-state index contributed by atoms with van der Waals surface area (Å²) in [5.41, 5.74) is 3.16. The molecular formula is C14H10ClFN2. The molecule has 0 atom stereocenters. The Morgan fingerprint density at radius 3 is 2.78 bits per heavy atom. The molecule has 0 aliphatic heterocycles. The van der Waals surface area contributed by atoms with Crippen LogP contribution in [0.15, 0.2) is 42.5 Å². The van der Waals surface area contributed by atoms with Gasteiger partial charge in [-0.15, -0.1) is 11.6 Å². The third-order valence-corrected chi connectivity index (χ3v) is 3.14. The third-order valence-electron chi connectivity index (χ3n) is 2.83. The second kappa shape index (κ2) is 4.42. The Bertz CT molecular complexity index is 706. The number of hydrogen-bond donors (Lipinski definition) is 1. The summed E-state index contributed by atoms with van der Waals surface area (Å²) < 4.78 is 13.7. The van der Waals surface area contributed by atoms with Gasteiger partial charge in [-0.2, -0.15) is 0 Å². The minimum atomic E-state index is -0.283. The van der Waals surface area contributed by atoms with Crippen LogP contribution in [0.3, 0.4) is 0 Å². The predicted molar refractivity (Wildman–Crippen MR) is 71.0 cm³/mol. The minimum absolute atomic E-state index is 0.283. The summed E-state index contributed by atoms with van der Waals surface area (Å²) >= 11 is 5.78. The molecule has 3 rings (SSSR count). The lowest BCUT2D eigenvalue weighted by atomic mass is 10.2. The molecule has 1 N–H and O–H groups in total. The molecule has 1 heterocycles. The van der Waals surface area contributed by atoms with E-state index in [2.05, 4.69) is 9.97 Å². The van der Waals surface area contributed by atoms with E-state index in [9.17, 15) is 4.39 Å². The number of H-pyrrole nitrogens is 1. The zero-order valence-electron chi connectivity index (χ0n) is 9.45. The first kappa shape index (κ1) is 11.2. The molecule has 0 fully saturated rings. The molecule has 2 aromatic carbocycles. The van der Waals surface area contributed by atoms with E-state index in [4.69, 9.17) is 11.6 Å². The van der Waals surface area contributed by atoms with Crippen molar-refractivity contribution in [2.75, 3.05) is 0 Å². The Morgan fingerprint density at radius 2 is 2.00 bits per heavy atom. The van der Waals surface area contributed by atoms with Gasteiger partial charge in [-0.25, -0.2) is 9.37 Å². The highest BCUT2D eigenvalue weighted by Crippen LogP contribution is 2.23. The Morgan fingerprint density at radius 1 is 1.17 bits per heavy atom. The van der Waals surface area contributed by atoms with E-state index >= 15 is 0 Å². The van der Waals surface area contributed by atoms with Crippen molar-refractivity contribution in [1.29, 1.82) is 0 Å². The molecule has 90 valence electrons. The summed E-state index contributed by atoms with van der Waals surface area (Å²) in [4.78, 5) is 7.50. The normalized spacial score (nSPS) is 11.0. The Hall–Kier alpha value is -1.87. The van der Waals surface area contributed by atoms with Crippen molar-refractivity contribution in [3.8, 4) is 11.4 Å². The largest absolute Gasteiger partial charge is 0.338 e. The first-order valence-corrected chi connectivity index (χ1v) is 6.11. The van der Waals surface area contributed by atoms with E-state index in [1.807, 2.05) is 18.2 Å². The first-order valence-electron chi connectivity index (χ1n) is 5.57. The molecule has 18 heavy (non-hydrogen) atoms. The van der Waals surface area contributed by atoms with Crippen LogP contribution < -0.4 is 0 Å². The number of nitrogens with zero attached hydrogens (tertiary/aromatic N) is 1. The number of rotatable bonds is 2. The molecule has 0 bridgehead atoms. The molecule has 3 aromatic rings. The van der Waals surface area contributed by atoms with Gasteiger partial charge >= 0.3 is 0 Å². The maximum absolute atomic E-state index is 13.7. The van der Waals surface area contributed by atoms with Crippen LogP contribution in [0.2, 0.25) is 0 Å². The number of nitrogens with one attached hydrogen (secondary N) is 1. The molecule has 4 heteroatoms. The summed E-state index contributed by atoms with van der Waals surface area (Å²) in [5, 5.41) is 0. The van der Waals surface area contributed by atoms with Gasteiger partial charge in [0.1, 0.15) is 11.6 Å². The lowest BCUT2D eigenvalue weighted by Crippen LogP contribution is -1.84. The molecule has 0 radical (unpaired) electrons. The van der Waals surface area contributed by atoms with Crippen molar-refractivity contribution >= 4 is 22.6 Å². The Labute approximate surface area is 108 Å². The maximum Gasteiger partial charge on any atom is 0.141 e. The van der Waals surface area contributed by atoms with Crippen LogP contribution in [-0.2, 0) is 5.88 Å². The summed E-state index contributed by atoms with van der Waals surface area (Å²) in [6, 6.07) is 12.3. The van der Waals surface area contributed by atoms with Gasteiger partial charge in [0.25, 0.3) is 0 Å². The van der Waals surface area contributed by atoms with Gasteiger partial charge in [0.2, 0.25) is 0 Å². The fourth-order valence-corrected chi connectivity index (χ4v) is 2.09. The van der Waals surface area contributed by atoms with Crippen LogP contribution in [0.25, 0.3) is 22.4 Å². The molecule has 0 unspecified atom stereocenters. The summed E-state index contributed by atoms with van der Waals surface area (Å²) in [6.45, 7) is 0. The second-order valence-corrected chi connectivity index (χ2v) is 4.32. The number of imidazole rings is 1. The number of halogens is 2. The summed E-state index contributed by atoms with van der Waals surface area (Å²) in [7, 11) is 0. The fraction of sp³-hybridized carbons (Fsp3) is 0.0714. The topological polar surface area (TPSA) is 28.7 Å². The van der Waals surface area contributed by atoms with Crippen LogP contribution >= 0.6 is 11.6 Å². The van der Waals surface area contributed by atoms with E-state index in [-0.39, 0.29) is 5.82 Å². The number of aromatic amines is 1. The van der Waals surface area contributed by atoms with Crippen molar-refractivity contribution in [3.05, 3.63) is 53.8 Å². The number of aromatic nitrogens is 2. The summed E-state index contributed by atoms with van der Waals surface area (Å²) in [5.74, 6) is 0.702. The molecule has 0 aliphatic rings. The Balaban J connectivity index is 2.17. The van der Waals surface area contributed by atoms with E-state index in [1.54, 1.807) is 18.2 Å². The van der Waals surface area contributed by atoms with Gasteiger partial charge in [0.05, 0.1) is 16.6 Å². The molecular weight excluding hydrogens is 251 g/mol. The fourth-order valence-electron chi connectivity index (χ4n) is 1.92. The van der Waals surface area contributed by atoms with Crippen molar-refractivity contribution in [2.24, 2.45) is 0 Å². The van der Waals surface area contributed by atoms with Crippen molar-refractivity contribution in [2.45, 2.75) is 5.88 Å². The minimum Gasteiger partial charge on any atom is -0.338 e. The van der Waals surface area contributed by atoms with Gasteiger partial charge in [0, 0.05) is 5.88 Å². The van der Waals surface area contributed by atoms with Gasteiger partial charge in [-0.3, -0.25) is 0 Å². The molecule has 1 aromatic heterocycles. The lowest BCUT2D eigenvalue weighted by Gasteiger charge is -1.97. The van der Waals surface area contributed by atoms with Crippen LogP contribution in [0, 0.1) is 5.82 Å². The molecule has 0 amide bonds. The van der Waals surface area contributed by atoms with Crippen LogP contribution in [0.4, 0.5) is 4.39 Å². The van der Waals surface area contributed by atoms with Gasteiger partial charge < -0.3 is 4.98 Å². The van der Waals surface area contributed by atoms with Crippen molar-refractivity contribution < 1.29 is 4.39 Å². The number of fused-ring (bicyclic) bond motifs is 1. The van der Waals surface area contributed by atoms with Crippen LogP contribution in [0.5, 0.6) is 0 Å². The highest BCUT2D eigenvalue weighted by atomic mass is 35.5. The molecule has 0 saturated heterocycles. The van der Waals surface area contributed by atoms with E-state index < -0.39 is 0 Å². The molecule has 2 nitrogen and oxygen atoms in total. The highest BCUT2D eigenvalue weighted by Gasteiger charge is 2.09. The quantitative estimate of drug-likeness (QED) is 0.690. The number of alkyl halides is 1. The third kappa shape index (κ3) is 1.87. The standard InChI is InChI=1S/C14H10ClFN2/c15-8-9-5-6-12-13(7-9)18-14(17-12)10-3-1-2-4-11(10)16/h1-7H,8H2,(H,17,18). The second-order valence-electron chi connectivity index (χ2n) is 4.05. The lowest BCUT2D eigenvalue weighted by molar-refractivity contribution is 0.630. The first-order chi connectivity index (χ1) is 8.78. The monoisotopic (exact) mass is 260 g/mol. The van der Waals surface area contributed by atoms with Crippen molar-refractivity contribution in [3.63, 3.8) is 0 Å².